The zero-order valence-electron chi connectivity index (χ0n) is 13.9. The molecule has 0 unspecified atom stereocenters. The van der Waals surface area contributed by atoms with E-state index in [-0.39, 0.29) is 5.75 Å². The molecule has 2 amide bonds. The first-order valence-electron chi connectivity index (χ1n) is 8.30. The number of para-hydroxylation sites is 1. The summed E-state index contributed by atoms with van der Waals surface area (Å²) in [4.78, 5) is 38.9. The van der Waals surface area contributed by atoms with Crippen LogP contribution in [0, 0.1) is 11.8 Å². The highest BCUT2D eigenvalue weighted by Crippen LogP contribution is 2.46. The predicted molar refractivity (Wildman–Crippen MR) is 99.0 cm³/mol. The first kappa shape index (κ1) is 17.7. The molecule has 3 N–H and O–H groups in total. The van der Waals surface area contributed by atoms with Crippen molar-refractivity contribution < 1.29 is 24.6 Å². The van der Waals surface area contributed by atoms with Crippen LogP contribution in [-0.4, -0.2) is 34.0 Å². The summed E-state index contributed by atoms with van der Waals surface area (Å²) in [5.74, 6) is -4.23. The molecule has 138 valence electrons. The van der Waals surface area contributed by atoms with Gasteiger partial charge in [0.1, 0.15) is 11.8 Å². The number of fused-ring (bicyclic) bond motifs is 1. The molecule has 2 saturated heterocycles. The molecule has 2 aliphatic heterocycles. The predicted octanol–water partition coefficient (Wildman–Crippen LogP) is 2.06. The van der Waals surface area contributed by atoms with Crippen LogP contribution >= 0.6 is 15.9 Å². The van der Waals surface area contributed by atoms with E-state index in [2.05, 4.69) is 21.2 Å². The molecule has 7 nitrogen and oxygen atoms in total. The van der Waals surface area contributed by atoms with Gasteiger partial charge in [-0.15, -0.1) is 0 Å². The molecule has 2 aromatic rings. The van der Waals surface area contributed by atoms with E-state index in [0.29, 0.717) is 11.3 Å². The third-order valence-corrected chi connectivity index (χ3v) is 5.63. The molecule has 0 spiro atoms. The number of carbonyl (C=O) groups excluding carboxylic acids is 2. The average molecular weight is 431 g/mol. The Hall–Kier alpha value is -2.71. The summed E-state index contributed by atoms with van der Waals surface area (Å²) in [6.07, 6.45) is 0. The van der Waals surface area contributed by atoms with Crippen molar-refractivity contribution in [2.45, 2.75) is 12.1 Å². The summed E-state index contributed by atoms with van der Waals surface area (Å²) in [5, 5.41) is 22.6. The van der Waals surface area contributed by atoms with Crippen LogP contribution in [-0.2, 0) is 14.4 Å². The van der Waals surface area contributed by atoms with Crippen molar-refractivity contribution in [2.24, 2.45) is 11.8 Å². The molecule has 4 rings (SSSR count). The van der Waals surface area contributed by atoms with E-state index in [4.69, 9.17) is 0 Å². The minimum Gasteiger partial charge on any atom is -0.508 e. The molecule has 0 bridgehead atoms. The zero-order valence-corrected chi connectivity index (χ0v) is 15.5. The summed E-state index contributed by atoms with van der Waals surface area (Å²) >= 11 is 3.31. The van der Waals surface area contributed by atoms with Gasteiger partial charge in [0.25, 0.3) is 0 Å². The lowest BCUT2D eigenvalue weighted by Crippen LogP contribution is -2.43. The molecule has 27 heavy (non-hydrogen) atoms. The second-order valence-corrected chi connectivity index (χ2v) is 7.47. The van der Waals surface area contributed by atoms with Crippen LogP contribution in [0.3, 0.4) is 0 Å². The van der Waals surface area contributed by atoms with Crippen LogP contribution in [0.25, 0.3) is 0 Å². The number of imide groups is 1. The number of aromatic hydroxyl groups is 1. The van der Waals surface area contributed by atoms with Crippen molar-refractivity contribution in [3.63, 3.8) is 0 Å². The quantitative estimate of drug-likeness (QED) is 0.643. The molecule has 0 aliphatic carbocycles. The fraction of sp³-hybridized carbons (Fsp3) is 0.211. The van der Waals surface area contributed by atoms with Gasteiger partial charge in [-0.2, -0.15) is 0 Å². The highest BCUT2D eigenvalue weighted by atomic mass is 79.9. The third-order valence-electron chi connectivity index (χ3n) is 5.10. The number of phenols is 1. The Labute approximate surface area is 162 Å². The van der Waals surface area contributed by atoms with Crippen LogP contribution in [0.4, 0.5) is 5.69 Å². The minimum absolute atomic E-state index is 0.0536. The molecule has 2 aliphatic rings. The summed E-state index contributed by atoms with van der Waals surface area (Å²) in [7, 11) is 0. The topological polar surface area (TPSA) is 107 Å². The fourth-order valence-corrected chi connectivity index (χ4v) is 4.18. The molecule has 4 atom stereocenters. The Morgan fingerprint density at radius 1 is 1.00 bits per heavy atom. The third kappa shape index (κ3) is 2.72. The number of amides is 2. The van der Waals surface area contributed by atoms with E-state index >= 15 is 0 Å². The molecule has 0 saturated carbocycles. The van der Waals surface area contributed by atoms with E-state index < -0.39 is 41.7 Å². The summed E-state index contributed by atoms with van der Waals surface area (Å²) < 4.78 is 0.794. The summed E-state index contributed by atoms with van der Waals surface area (Å²) in [6.45, 7) is 0. The summed E-state index contributed by atoms with van der Waals surface area (Å²) in [5.41, 5.74) is 0.790. The monoisotopic (exact) mass is 430 g/mol. The van der Waals surface area contributed by atoms with Crippen molar-refractivity contribution in [3.05, 3.63) is 58.6 Å². The number of halogens is 1. The van der Waals surface area contributed by atoms with Gasteiger partial charge in [-0.05, 0) is 30.3 Å². The number of carbonyl (C=O) groups is 3. The van der Waals surface area contributed by atoms with Gasteiger partial charge in [0.05, 0.1) is 17.5 Å². The van der Waals surface area contributed by atoms with Gasteiger partial charge in [-0.3, -0.25) is 19.7 Å². The van der Waals surface area contributed by atoms with E-state index in [1.165, 1.54) is 6.07 Å². The minimum atomic E-state index is -1.21. The Balaban J connectivity index is 1.79. The van der Waals surface area contributed by atoms with Gasteiger partial charge in [0, 0.05) is 16.1 Å². The first-order valence-corrected chi connectivity index (χ1v) is 9.09. The number of carboxylic acid groups (broad SMARTS) is 1. The smallest absolute Gasteiger partial charge is 0.321 e. The second-order valence-electron chi connectivity index (χ2n) is 6.56. The maximum atomic E-state index is 13.1. The van der Waals surface area contributed by atoms with Crippen LogP contribution in [0.5, 0.6) is 5.75 Å². The lowest BCUT2D eigenvalue weighted by molar-refractivity contribution is -0.142. The molecule has 2 fully saturated rings. The van der Waals surface area contributed by atoms with Crippen LogP contribution in [0.2, 0.25) is 0 Å². The fourth-order valence-electron chi connectivity index (χ4n) is 3.92. The SMILES string of the molecule is O=C(O)[C@@H]1N[C@H](c2ccccc2O)[C@H]2C(=O)N(c3ccc(Br)cc3)C(=O)[C@@H]21. The lowest BCUT2D eigenvalue weighted by Gasteiger charge is -2.22. The van der Waals surface area contributed by atoms with Crippen molar-refractivity contribution in [1.29, 1.82) is 0 Å². The number of rotatable bonds is 3. The first-order chi connectivity index (χ1) is 12.9. The number of benzene rings is 2. The van der Waals surface area contributed by atoms with Crippen molar-refractivity contribution in [3.8, 4) is 5.75 Å². The van der Waals surface area contributed by atoms with Gasteiger partial charge >= 0.3 is 5.97 Å². The highest BCUT2D eigenvalue weighted by Gasteiger charge is 2.61. The molecule has 8 heteroatoms. The van der Waals surface area contributed by atoms with Gasteiger partial charge in [0.15, 0.2) is 0 Å². The number of carboxylic acids is 1. The van der Waals surface area contributed by atoms with Crippen molar-refractivity contribution in [1.82, 2.24) is 5.32 Å². The number of nitrogens with one attached hydrogen (secondary N) is 1. The summed E-state index contributed by atoms with van der Waals surface area (Å²) in [6, 6.07) is 11.1. The number of hydrogen-bond donors (Lipinski definition) is 3. The van der Waals surface area contributed by atoms with Crippen LogP contribution in [0.1, 0.15) is 11.6 Å². The molecular formula is C19H15BrN2O5. The Morgan fingerprint density at radius 3 is 2.26 bits per heavy atom. The molecular weight excluding hydrogens is 416 g/mol. The van der Waals surface area contributed by atoms with Crippen molar-refractivity contribution >= 4 is 39.4 Å². The highest BCUT2D eigenvalue weighted by molar-refractivity contribution is 9.10. The number of nitrogens with zero attached hydrogens (tertiary/aromatic N) is 1. The largest absolute Gasteiger partial charge is 0.508 e. The van der Waals surface area contributed by atoms with Gasteiger partial charge < -0.3 is 10.2 Å². The average Bonchev–Trinajstić information content (AvgIpc) is 3.14. The van der Waals surface area contributed by atoms with Gasteiger partial charge in [0.2, 0.25) is 11.8 Å². The Kier molecular flexibility index (Phi) is 4.24. The van der Waals surface area contributed by atoms with E-state index in [1.807, 2.05) is 0 Å². The molecule has 0 aromatic heterocycles. The van der Waals surface area contributed by atoms with E-state index in [0.717, 1.165) is 9.37 Å². The molecule has 2 aromatic carbocycles. The Morgan fingerprint density at radius 2 is 1.63 bits per heavy atom. The lowest BCUT2D eigenvalue weighted by atomic mass is 9.86. The van der Waals surface area contributed by atoms with Gasteiger partial charge in [-0.25, -0.2) is 4.90 Å². The van der Waals surface area contributed by atoms with E-state index in [1.54, 1.807) is 42.5 Å². The Bertz CT molecular complexity index is 945. The maximum absolute atomic E-state index is 13.1. The maximum Gasteiger partial charge on any atom is 0.321 e. The molecule has 0 radical (unpaired) electrons. The number of hydrogen-bond acceptors (Lipinski definition) is 5. The molecule has 2 heterocycles. The number of phenolic OH excluding ortho intramolecular Hbond substituents is 1. The van der Waals surface area contributed by atoms with Crippen molar-refractivity contribution in [2.75, 3.05) is 4.90 Å². The number of aliphatic carboxylic acids is 1. The van der Waals surface area contributed by atoms with E-state index in [9.17, 15) is 24.6 Å². The standard InChI is InChI=1S/C19H15BrN2O5/c20-9-5-7-10(8-6-9)22-17(24)13-14(18(22)25)16(19(26)27)21-15(13)11-3-1-2-4-12(11)23/h1-8,13-16,21,23H,(H,26,27)/t13-,14-,15+,16+/m0/s1. The zero-order chi connectivity index (χ0) is 19.3. The van der Waals surface area contributed by atoms with Crippen LogP contribution < -0.4 is 10.2 Å². The second kappa shape index (κ2) is 6.47. The van der Waals surface area contributed by atoms with Crippen LogP contribution in [0.15, 0.2) is 53.0 Å². The normalized spacial score (nSPS) is 27.1. The van der Waals surface area contributed by atoms with Gasteiger partial charge in [-0.1, -0.05) is 34.1 Å². The number of anilines is 1.